The number of amidine groups is 1. The number of aliphatic hydroxyl groups excluding tert-OH is 1. The minimum atomic E-state index is -1.09. The molecule has 7 nitrogen and oxygen atoms in total. The summed E-state index contributed by atoms with van der Waals surface area (Å²) in [6.07, 6.45) is -0.282. The first kappa shape index (κ1) is 19.4. The molecule has 0 bridgehead atoms. The number of benzene rings is 1. The van der Waals surface area contributed by atoms with Crippen LogP contribution in [0.2, 0.25) is 0 Å². The van der Waals surface area contributed by atoms with Crippen molar-refractivity contribution in [3.05, 3.63) is 46.5 Å². The number of nitrogens with one attached hydrogen (secondary N) is 1. The number of hydrogen-bond donors (Lipinski definition) is 3. The fourth-order valence-corrected chi connectivity index (χ4v) is 4.67. The van der Waals surface area contributed by atoms with Gasteiger partial charge in [-0.15, -0.1) is 11.8 Å². The number of rotatable bonds is 7. The second-order valence-corrected chi connectivity index (χ2v) is 7.73. The van der Waals surface area contributed by atoms with Crippen LogP contribution in [0.3, 0.4) is 0 Å². The van der Waals surface area contributed by atoms with E-state index in [-0.39, 0.29) is 17.6 Å². The van der Waals surface area contributed by atoms with Gasteiger partial charge in [0, 0.05) is 36.2 Å². The average Bonchev–Trinajstić information content (AvgIpc) is 2.96. The van der Waals surface area contributed by atoms with Crippen molar-refractivity contribution >= 4 is 29.5 Å². The average molecular weight is 389 g/mol. The van der Waals surface area contributed by atoms with Crippen molar-refractivity contribution < 1.29 is 19.8 Å². The van der Waals surface area contributed by atoms with E-state index < -0.39 is 18.0 Å². The standard InChI is InChI=1S/C19H23N3O4S/c1-11(23)15-13-10-14(16(19(25)26)22(13)18(15)24)27-9-8-21-17(20-2)12-6-4-3-5-7-12/h3-7,11,13,15,23H,8-10H2,1-2H3,(H,20,21)(H,25,26)/t11-,13-,15-/m1/s1. The van der Waals surface area contributed by atoms with E-state index in [1.54, 1.807) is 14.0 Å². The zero-order valence-corrected chi connectivity index (χ0v) is 16.1. The van der Waals surface area contributed by atoms with Crippen LogP contribution in [0, 0.1) is 5.92 Å². The van der Waals surface area contributed by atoms with Crippen LogP contribution in [0.15, 0.2) is 45.9 Å². The molecule has 1 saturated heterocycles. The number of amides is 1. The Morgan fingerprint density at radius 2 is 2.11 bits per heavy atom. The lowest BCUT2D eigenvalue weighted by Gasteiger charge is -2.44. The van der Waals surface area contributed by atoms with Gasteiger partial charge in [0.1, 0.15) is 11.5 Å². The molecule has 1 fully saturated rings. The van der Waals surface area contributed by atoms with Gasteiger partial charge in [-0.05, 0) is 6.92 Å². The zero-order chi connectivity index (χ0) is 19.6. The third kappa shape index (κ3) is 3.72. The molecule has 8 heteroatoms. The van der Waals surface area contributed by atoms with Gasteiger partial charge in [0.05, 0.1) is 18.1 Å². The number of β-lactam (4-membered cyclic amide) rings is 1. The number of carbonyl (C=O) groups excluding carboxylic acids is 1. The van der Waals surface area contributed by atoms with Gasteiger partial charge in [-0.1, -0.05) is 30.3 Å². The Balaban J connectivity index is 1.59. The number of aliphatic carboxylic acids is 1. The molecule has 1 aromatic carbocycles. The molecule has 2 aliphatic heterocycles. The summed E-state index contributed by atoms with van der Waals surface area (Å²) in [5.41, 5.74) is 1.06. The summed E-state index contributed by atoms with van der Waals surface area (Å²) < 4.78 is 0. The number of aliphatic imine (C=N–C) groups is 1. The quantitative estimate of drug-likeness (QED) is 0.281. The first-order valence-corrected chi connectivity index (χ1v) is 9.80. The first-order chi connectivity index (χ1) is 13.0. The van der Waals surface area contributed by atoms with E-state index in [0.717, 1.165) is 11.4 Å². The Labute approximate surface area is 162 Å². The fraction of sp³-hybridized carbons (Fsp3) is 0.421. The Hall–Kier alpha value is -2.32. The van der Waals surface area contributed by atoms with Gasteiger partial charge in [-0.2, -0.15) is 0 Å². The molecule has 2 aliphatic rings. The predicted octanol–water partition coefficient (Wildman–Crippen LogP) is 1.29. The number of fused-ring (bicyclic) bond motifs is 1. The van der Waals surface area contributed by atoms with Crippen molar-refractivity contribution in [2.45, 2.75) is 25.5 Å². The van der Waals surface area contributed by atoms with Gasteiger partial charge < -0.3 is 20.4 Å². The van der Waals surface area contributed by atoms with Crippen LogP contribution in [0.1, 0.15) is 18.9 Å². The largest absolute Gasteiger partial charge is 0.477 e. The molecule has 3 rings (SSSR count). The number of carbonyl (C=O) groups is 2. The summed E-state index contributed by atoms with van der Waals surface area (Å²) >= 11 is 1.44. The van der Waals surface area contributed by atoms with Crippen LogP contribution in [0.4, 0.5) is 0 Å². The van der Waals surface area contributed by atoms with E-state index in [4.69, 9.17) is 0 Å². The molecule has 3 N–H and O–H groups in total. The van der Waals surface area contributed by atoms with Crippen molar-refractivity contribution in [1.29, 1.82) is 0 Å². The highest BCUT2D eigenvalue weighted by molar-refractivity contribution is 8.03. The van der Waals surface area contributed by atoms with E-state index in [1.165, 1.54) is 16.7 Å². The molecule has 3 atom stereocenters. The van der Waals surface area contributed by atoms with Gasteiger partial charge in [0.25, 0.3) is 0 Å². The molecule has 0 saturated carbocycles. The number of hydrogen-bond acceptors (Lipinski definition) is 5. The maximum atomic E-state index is 12.2. The third-order valence-corrected chi connectivity index (χ3v) is 5.95. The van der Waals surface area contributed by atoms with Crippen LogP contribution >= 0.6 is 11.8 Å². The third-order valence-electron chi connectivity index (χ3n) is 4.83. The van der Waals surface area contributed by atoms with Crippen molar-refractivity contribution in [3.8, 4) is 0 Å². The van der Waals surface area contributed by atoms with Gasteiger partial charge in [0.2, 0.25) is 5.91 Å². The normalized spacial score (nSPS) is 23.1. The first-order valence-electron chi connectivity index (χ1n) is 8.82. The smallest absolute Gasteiger partial charge is 0.353 e. The van der Waals surface area contributed by atoms with Crippen LogP contribution in [0.5, 0.6) is 0 Å². The molecule has 0 aromatic heterocycles. The Kier molecular flexibility index (Phi) is 5.86. The van der Waals surface area contributed by atoms with Gasteiger partial charge in [-0.25, -0.2) is 4.79 Å². The molecular formula is C19H23N3O4S. The molecule has 0 radical (unpaired) electrons. The fourth-order valence-electron chi connectivity index (χ4n) is 3.61. The highest BCUT2D eigenvalue weighted by Crippen LogP contribution is 2.46. The van der Waals surface area contributed by atoms with E-state index >= 15 is 0 Å². The van der Waals surface area contributed by atoms with Crippen molar-refractivity contribution in [2.24, 2.45) is 10.9 Å². The number of aliphatic hydroxyl groups is 1. The van der Waals surface area contributed by atoms with Crippen molar-refractivity contribution in [1.82, 2.24) is 10.2 Å². The molecule has 0 spiro atoms. The summed E-state index contributed by atoms with van der Waals surface area (Å²) in [6, 6.07) is 9.53. The summed E-state index contributed by atoms with van der Waals surface area (Å²) in [5.74, 6) is -0.474. The van der Waals surface area contributed by atoms with E-state index in [9.17, 15) is 19.8 Å². The Bertz CT molecular complexity index is 791. The van der Waals surface area contributed by atoms with E-state index in [1.807, 2.05) is 30.3 Å². The maximum Gasteiger partial charge on any atom is 0.353 e. The molecule has 2 heterocycles. The number of carboxylic acid groups (broad SMARTS) is 1. The van der Waals surface area contributed by atoms with Crippen LogP contribution in [0.25, 0.3) is 0 Å². The lowest BCUT2D eigenvalue weighted by Crippen LogP contribution is -2.61. The minimum absolute atomic E-state index is 0.0688. The summed E-state index contributed by atoms with van der Waals surface area (Å²) in [7, 11) is 1.72. The number of carboxylic acids is 1. The SMILES string of the molecule is CN=C(NCCSC1=C(C(=O)O)N2C(=O)[C@H]([C@@H](C)O)[C@H]2C1)c1ccccc1. The van der Waals surface area contributed by atoms with Gasteiger partial charge in [0.15, 0.2) is 0 Å². The minimum Gasteiger partial charge on any atom is -0.477 e. The van der Waals surface area contributed by atoms with Crippen LogP contribution in [-0.4, -0.2) is 64.3 Å². The Morgan fingerprint density at radius 1 is 1.41 bits per heavy atom. The summed E-state index contributed by atoms with van der Waals surface area (Å²) in [5, 5.41) is 22.6. The monoisotopic (exact) mass is 389 g/mol. The molecule has 0 unspecified atom stereocenters. The van der Waals surface area contributed by atoms with E-state index in [0.29, 0.717) is 23.6 Å². The highest BCUT2D eigenvalue weighted by atomic mass is 32.2. The predicted molar refractivity (Wildman–Crippen MR) is 104 cm³/mol. The lowest BCUT2D eigenvalue weighted by molar-refractivity contribution is -0.161. The maximum absolute atomic E-state index is 12.2. The molecule has 27 heavy (non-hydrogen) atoms. The number of nitrogens with zero attached hydrogens (tertiary/aromatic N) is 2. The second-order valence-electron chi connectivity index (χ2n) is 6.54. The van der Waals surface area contributed by atoms with Crippen molar-refractivity contribution in [2.75, 3.05) is 19.3 Å². The van der Waals surface area contributed by atoms with Crippen molar-refractivity contribution in [3.63, 3.8) is 0 Å². The van der Waals surface area contributed by atoms with Crippen LogP contribution < -0.4 is 5.32 Å². The van der Waals surface area contributed by atoms with E-state index in [2.05, 4.69) is 10.3 Å². The molecule has 1 aromatic rings. The lowest BCUT2D eigenvalue weighted by atomic mass is 9.83. The molecular weight excluding hydrogens is 366 g/mol. The van der Waals surface area contributed by atoms with Gasteiger partial charge in [-0.3, -0.25) is 9.79 Å². The Morgan fingerprint density at radius 3 is 2.70 bits per heavy atom. The molecule has 1 amide bonds. The molecule has 0 aliphatic carbocycles. The topological polar surface area (TPSA) is 102 Å². The summed E-state index contributed by atoms with van der Waals surface area (Å²) in [6.45, 7) is 2.19. The second kappa shape index (κ2) is 8.14. The van der Waals surface area contributed by atoms with Crippen LogP contribution in [-0.2, 0) is 9.59 Å². The number of thioether (sulfide) groups is 1. The van der Waals surface area contributed by atoms with Gasteiger partial charge >= 0.3 is 5.97 Å². The molecule has 144 valence electrons. The summed E-state index contributed by atoms with van der Waals surface area (Å²) in [4.78, 5) is 30.1. The zero-order valence-electron chi connectivity index (χ0n) is 15.3. The highest BCUT2D eigenvalue weighted by Gasteiger charge is 2.56.